The van der Waals surface area contributed by atoms with Crippen molar-refractivity contribution in [1.29, 1.82) is 0 Å². The molecule has 0 spiro atoms. The lowest BCUT2D eigenvalue weighted by atomic mass is 10.1. The summed E-state index contributed by atoms with van der Waals surface area (Å²) in [6, 6.07) is 9.01. The number of aromatic nitrogens is 4. The maximum Gasteiger partial charge on any atom is 0.262 e. The fraction of sp³-hybridized carbons (Fsp3) is 0.217. The van der Waals surface area contributed by atoms with E-state index in [-0.39, 0.29) is 18.0 Å². The first-order valence-electron chi connectivity index (χ1n) is 9.98. The normalized spacial score (nSPS) is 10.8. The summed E-state index contributed by atoms with van der Waals surface area (Å²) in [6.45, 7) is 3.01. The number of benzene rings is 1. The summed E-state index contributed by atoms with van der Waals surface area (Å²) >= 11 is 0. The maximum atomic E-state index is 13.2. The van der Waals surface area contributed by atoms with Crippen molar-refractivity contribution in [3.05, 3.63) is 69.9 Å². The van der Waals surface area contributed by atoms with Crippen molar-refractivity contribution in [3.63, 3.8) is 0 Å². The Morgan fingerprint density at radius 2 is 2.06 bits per heavy atom. The van der Waals surface area contributed by atoms with Gasteiger partial charge in [0.15, 0.2) is 0 Å². The lowest BCUT2D eigenvalue weighted by molar-refractivity contribution is 0.0952. The van der Waals surface area contributed by atoms with E-state index in [1.807, 2.05) is 25.1 Å². The van der Waals surface area contributed by atoms with E-state index < -0.39 is 0 Å². The molecule has 0 fully saturated rings. The molecule has 3 aromatic heterocycles. The number of nitrogens with two attached hydrogens (primary N) is 1. The second kappa shape index (κ2) is 8.81. The van der Waals surface area contributed by atoms with Gasteiger partial charge in [-0.05, 0) is 43.7 Å². The van der Waals surface area contributed by atoms with Gasteiger partial charge in [-0.15, -0.1) is 0 Å². The second-order valence-electron chi connectivity index (χ2n) is 7.11. The highest BCUT2D eigenvalue weighted by atomic mass is 16.1. The SMILES string of the molecule is Cc1[nH]nc2c1c(=O)n(CCCNC(=O)c1ccncc1)c1ccc(C#CCN)cc21. The molecule has 8 nitrogen and oxygen atoms in total. The second-order valence-corrected chi connectivity index (χ2v) is 7.11. The number of rotatable bonds is 5. The smallest absolute Gasteiger partial charge is 0.262 e. The lowest BCUT2D eigenvalue weighted by Gasteiger charge is -2.12. The molecular weight excluding hydrogens is 392 g/mol. The van der Waals surface area contributed by atoms with Gasteiger partial charge in [-0.2, -0.15) is 5.10 Å². The van der Waals surface area contributed by atoms with Gasteiger partial charge in [-0.25, -0.2) is 0 Å². The predicted octanol–water partition coefficient (Wildman–Crippen LogP) is 1.71. The molecule has 0 saturated carbocycles. The molecule has 0 saturated heterocycles. The van der Waals surface area contributed by atoms with E-state index in [1.165, 1.54) is 0 Å². The van der Waals surface area contributed by atoms with Crippen LogP contribution in [0.5, 0.6) is 0 Å². The summed E-state index contributed by atoms with van der Waals surface area (Å²) in [5.74, 6) is 5.72. The van der Waals surface area contributed by atoms with Crippen LogP contribution in [0.1, 0.15) is 28.0 Å². The molecule has 4 N–H and O–H groups in total. The molecular formula is C23H22N6O2. The molecule has 8 heteroatoms. The average molecular weight is 414 g/mol. The van der Waals surface area contributed by atoms with Crippen molar-refractivity contribution in [2.75, 3.05) is 13.1 Å². The van der Waals surface area contributed by atoms with Crippen LogP contribution in [0.25, 0.3) is 21.8 Å². The summed E-state index contributed by atoms with van der Waals surface area (Å²) in [7, 11) is 0. The van der Waals surface area contributed by atoms with Gasteiger partial charge in [0.2, 0.25) is 0 Å². The Labute approximate surface area is 178 Å². The molecule has 1 amide bonds. The molecule has 1 aromatic carbocycles. The summed E-state index contributed by atoms with van der Waals surface area (Å²) in [6.07, 6.45) is 3.76. The number of hydrogen-bond donors (Lipinski definition) is 3. The van der Waals surface area contributed by atoms with Crippen LogP contribution in [0.4, 0.5) is 0 Å². The topological polar surface area (TPSA) is 119 Å². The van der Waals surface area contributed by atoms with Crippen LogP contribution >= 0.6 is 0 Å². The molecule has 0 unspecified atom stereocenters. The zero-order chi connectivity index (χ0) is 21.8. The summed E-state index contributed by atoms with van der Waals surface area (Å²) in [5, 5.41) is 11.6. The van der Waals surface area contributed by atoms with E-state index in [0.717, 1.165) is 22.2 Å². The zero-order valence-corrected chi connectivity index (χ0v) is 17.1. The monoisotopic (exact) mass is 414 g/mol. The van der Waals surface area contributed by atoms with Crippen LogP contribution < -0.4 is 16.6 Å². The summed E-state index contributed by atoms with van der Waals surface area (Å²) in [5.41, 5.74) is 8.89. The Morgan fingerprint density at radius 1 is 1.26 bits per heavy atom. The first-order chi connectivity index (χ1) is 15.1. The number of fused-ring (bicyclic) bond motifs is 3. The Kier molecular flexibility index (Phi) is 5.78. The molecule has 3 heterocycles. The van der Waals surface area contributed by atoms with Crippen LogP contribution in [0.15, 0.2) is 47.5 Å². The predicted molar refractivity (Wildman–Crippen MR) is 120 cm³/mol. The Hall–Kier alpha value is -3.96. The third kappa shape index (κ3) is 4.04. The number of H-pyrrole nitrogens is 1. The van der Waals surface area contributed by atoms with Gasteiger partial charge in [0.1, 0.15) is 5.52 Å². The first kappa shape index (κ1) is 20.3. The molecule has 0 aliphatic carbocycles. The molecule has 0 aliphatic heterocycles. The minimum atomic E-state index is -0.163. The van der Waals surface area contributed by atoms with Gasteiger partial charge in [0.05, 0.1) is 17.4 Å². The molecule has 0 radical (unpaired) electrons. The minimum Gasteiger partial charge on any atom is -0.352 e. The quantitative estimate of drug-likeness (QED) is 0.339. The fourth-order valence-electron chi connectivity index (χ4n) is 3.59. The summed E-state index contributed by atoms with van der Waals surface area (Å²) in [4.78, 5) is 29.3. The minimum absolute atomic E-state index is 0.102. The Morgan fingerprint density at radius 3 is 2.84 bits per heavy atom. The third-order valence-electron chi connectivity index (χ3n) is 5.07. The van der Waals surface area contributed by atoms with E-state index in [0.29, 0.717) is 36.0 Å². The van der Waals surface area contributed by atoms with Crippen molar-refractivity contribution in [2.24, 2.45) is 5.73 Å². The first-order valence-corrected chi connectivity index (χ1v) is 9.98. The molecule has 0 aliphatic rings. The summed E-state index contributed by atoms with van der Waals surface area (Å²) < 4.78 is 1.74. The van der Waals surface area contributed by atoms with Gasteiger partial charge >= 0.3 is 0 Å². The van der Waals surface area contributed by atoms with E-state index in [1.54, 1.807) is 29.1 Å². The highest BCUT2D eigenvalue weighted by Crippen LogP contribution is 2.24. The lowest BCUT2D eigenvalue weighted by Crippen LogP contribution is -2.27. The highest BCUT2D eigenvalue weighted by molar-refractivity contribution is 6.04. The number of aromatic amines is 1. The van der Waals surface area contributed by atoms with Gasteiger partial charge < -0.3 is 15.6 Å². The standard InChI is InChI=1S/C23H22N6O2/c1-15-20-21(28-27-15)18-14-16(4-2-9-24)5-6-19(18)29(23(20)31)13-3-10-26-22(30)17-7-11-25-12-8-17/h5-8,11-12,14H,3,9-10,13,24H2,1H3,(H,26,30)(H,27,28). The number of pyridine rings is 2. The van der Waals surface area contributed by atoms with Crippen molar-refractivity contribution >= 4 is 27.7 Å². The number of aryl methyl sites for hydroxylation is 2. The van der Waals surface area contributed by atoms with Crippen LogP contribution in [0.3, 0.4) is 0 Å². The largest absolute Gasteiger partial charge is 0.352 e. The van der Waals surface area contributed by atoms with Crippen LogP contribution in [-0.4, -0.2) is 38.7 Å². The maximum absolute atomic E-state index is 13.2. The van der Waals surface area contributed by atoms with Crippen LogP contribution in [-0.2, 0) is 6.54 Å². The van der Waals surface area contributed by atoms with Crippen molar-refractivity contribution < 1.29 is 4.79 Å². The Bertz CT molecular complexity index is 1380. The van der Waals surface area contributed by atoms with Gasteiger partial charge in [0.25, 0.3) is 11.5 Å². The van der Waals surface area contributed by atoms with E-state index in [9.17, 15) is 9.59 Å². The van der Waals surface area contributed by atoms with Crippen molar-refractivity contribution in [1.82, 2.24) is 25.1 Å². The van der Waals surface area contributed by atoms with E-state index in [2.05, 4.69) is 32.3 Å². The number of carbonyl (C=O) groups is 1. The molecule has 4 aromatic rings. The fourth-order valence-corrected chi connectivity index (χ4v) is 3.59. The highest BCUT2D eigenvalue weighted by Gasteiger charge is 2.15. The molecule has 0 atom stereocenters. The van der Waals surface area contributed by atoms with Gasteiger partial charge in [0, 0.05) is 47.7 Å². The molecule has 4 rings (SSSR count). The van der Waals surface area contributed by atoms with Crippen molar-refractivity contribution in [2.45, 2.75) is 19.9 Å². The molecule has 31 heavy (non-hydrogen) atoms. The van der Waals surface area contributed by atoms with E-state index in [4.69, 9.17) is 5.73 Å². The average Bonchev–Trinajstić information content (AvgIpc) is 3.19. The molecule has 156 valence electrons. The zero-order valence-electron chi connectivity index (χ0n) is 17.1. The molecule has 0 bridgehead atoms. The number of amides is 1. The number of carbonyl (C=O) groups excluding carboxylic acids is 1. The number of nitrogens with one attached hydrogen (secondary N) is 2. The van der Waals surface area contributed by atoms with Crippen LogP contribution in [0.2, 0.25) is 0 Å². The number of hydrogen-bond acceptors (Lipinski definition) is 5. The van der Waals surface area contributed by atoms with Gasteiger partial charge in [-0.1, -0.05) is 11.8 Å². The Balaban J connectivity index is 1.63. The van der Waals surface area contributed by atoms with E-state index >= 15 is 0 Å². The van der Waals surface area contributed by atoms with Gasteiger partial charge in [-0.3, -0.25) is 19.7 Å². The number of nitrogens with zero attached hydrogens (tertiary/aromatic N) is 3. The van der Waals surface area contributed by atoms with Crippen molar-refractivity contribution in [3.8, 4) is 11.8 Å². The van der Waals surface area contributed by atoms with Crippen LogP contribution in [0, 0.1) is 18.8 Å². The third-order valence-corrected chi connectivity index (χ3v) is 5.07.